The van der Waals surface area contributed by atoms with Gasteiger partial charge in [0.15, 0.2) is 0 Å². The fraction of sp³-hybridized carbons (Fsp3) is 0.0952. The van der Waals surface area contributed by atoms with Crippen molar-refractivity contribution in [2.45, 2.75) is 13.5 Å². The molecule has 0 aliphatic heterocycles. The van der Waals surface area contributed by atoms with Crippen molar-refractivity contribution >= 4 is 11.0 Å². The Morgan fingerprint density at radius 2 is 1.62 bits per heavy atom. The molecule has 0 fully saturated rings. The molecule has 0 aliphatic rings. The molecule has 4 aromatic rings. The van der Waals surface area contributed by atoms with Crippen LogP contribution < -0.4 is 4.74 Å². The van der Waals surface area contributed by atoms with Crippen molar-refractivity contribution < 1.29 is 4.74 Å². The van der Waals surface area contributed by atoms with E-state index in [2.05, 4.69) is 46.4 Å². The van der Waals surface area contributed by atoms with Crippen LogP contribution in [0.4, 0.5) is 0 Å². The number of hydrogen-bond donors (Lipinski definition) is 1. The van der Waals surface area contributed by atoms with Crippen LogP contribution in [0.1, 0.15) is 11.4 Å². The minimum absolute atomic E-state index is 0.583. The molecular weight excluding hydrogens is 296 g/mol. The zero-order chi connectivity index (χ0) is 16.4. The molecule has 1 heterocycles. The maximum atomic E-state index is 5.84. The number of hydrogen-bond acceptors (Lipinski definition) is 2. The molecule has 0 amide bonds. The van der Waals surface area contributed by atoms with Gasteiger partial charge in [0.2, 0.25) is 0 Å². The monoisotopic (exact) mass is 314 g/mol. The summed E-state index contributed by atoms with van der Waals surface area (Å²) < 4.78 is 5.84. The summed E-state index contributed by atoms with van der Waals surface area (Å²) in [5.41, 5.74) is 5.56. The van der Waals surface area contributed by atoms with Crippen molar-refractivity contribution in [3.05, 3.63) is 84.2 Å². The molecule has 0 spiro atoms. The summed E-state index contributed by atoms with van der Waals surface area (Å²) in [5.74, 6) is 1.81. The highest BCUT2D eigenvalue weighted by Gasteiger charge is 2.03. The summed E-state index contributed by atoms with van der Waals surface area (Å²) in [6.45, 7) is 2.55. The van der Waals surface area contributed by atoms with Gasteiger partial charge in [-0.1, -0.05) is 48.5 Å². The minimum atomic E-state index is 0.583. The normalized spacial score (nSPS) is 10.9. The molecular formula is C21H18N2O. The van der Waals surface area contributed by atoms with E-state index in [1.807, 2.05) is 43.3 Å². The number of fused-ring (bicyclic) bond motifs is 1. The Labute approximate surface area is 140 Å². The van der Waals surface area contributed by atoms with Gasteiger partial charge in [-0.25, -0.2) is 4.98 Å². The van der Waals surface area contributed by atoms with Crippen LogP contribution in [0.25, 0.3) is 22.2 Å². The maximum absolute atomic E-state index is 5.84. The standard InChI is InChI=1S/C21H18N2O/c1-15-22-20-12-9-18(13-21(20)23-15)17-7-10-19(11-8-17)24-14-16-5-3-2-4-6-16/h2-13H,14H2,1H3,(H,22,23). The zero-order valence-electron chi connectivity index (χ0n) is 13.5. The second-order valence-corrected chi connectivity index (χ2v) is 5.85. The largest absolute Gasteiger partial charge is 0.489 e. The summed E-state index contributed by atoms with van der Waals surface area (Å²) in [6.07, 6.45) is 0. The van der Waals surface area contributed by atoms with Gasteiger partial charge in [-0.2, -0.15) is 0 Å². The van der Waals surface area contributed by atoms with Gasteiger partial charge in [0, 0.05) is 0 Å². The quantitative estimate of drug-likeness (QED) is 0.568. The molecule has 24 heavy (non-hydrogen) atoms. The lowest BCUT2D eigenvalue weighted by Crippen LogP contribution is -1.94. The SMILES string of the molecule is Cc1nc2ccc(-c3ccc(OCc4ccccc4)cc3)cc2[nH]1. The van der Waals surface area contributed by atoms with Crippen LogP contribution in [0.3, 0.4) is 0 Å². The lowest BCUT2D eigenvalue weighted by molar-refractivity contribution is 0.306. The van der Waals surface area contributed by atoms with Gasteiger partial charge in [0.25, 0.3) is 0 Å². The molecule has 0 radical (unpaired) electrons. The summed E-state index contributed by atoms with van der Waals surface area (Å²) in [7, 11) is 0. The third kappa shape index (κ3) is 3.01. The zero-order valence-corrected chi connectivity index (χ0v) is 13.5. The summed E-state index contributed by atoms with van der Waals surface area (Å²) in [4.78, 5) is 7.72. The van der Waals surface area contributed by atoms with Crippen molar-refractivity contribution in [2.75, 3.05) is 0 Å². The van der Waals surface area contributed by atoms with Crippen molar-refractivity contribution in [3.8, 4) is 16.9 Å². The molecule has 0 saturated heterocycles. The van der Waals surface area contributed by atoms with E-state index in [-0.39, 0.29) is 0 Å². The van der Waals surface area contributed by atoms with Gasteiger partial charge in [-0.05, 0) is 47.9 Å². The molecule has 0 atom stereocenters. The third-order valence-corrected chi connectivity index (χ3v) is 4.04. The predicted octanol–water partition coefficient (Wildman–Crippen LogP) is 5.12. The Hall–Kier alpha value is -3.07. The maximum Gasteiger partial charge on any atom is 0.119 e. The van der Waals surface area contributed by atoms with Crippen molar-refractivity contribution in [1.29, 1.82) is 0 Å². The van der Waals surface area contributed by atoms with E-state index in [9.17, 15) is 0 Å². The Kier molecular flexibility index (Phi) is 3.75. The van der Waals surface area contributed by atoms with Gasteiger partial charge in [-0.15, -0.1) is 0 Å². The molecule has 0 unspecified atom stereocenters. The first kappa shape index (κ1) is 14.5. The molecule has 4 rings (SSSR count). The van der Waals surface area contributed by atoms with Crippen LogP contribution in [0, 0.1) is 6.92 Å². The lowest BCUT2D eigenvalue weighted by atomic mass is 10.1. The van der Waals surface area contributed by atoms with E-state index in [0.717, 1.165) is 28.2 Å². The minimum Gasteiger partial charge on any atom is -0.489 e. The number of H-pyrrole nitrogens is 1. The molecule has 3 aromatic carbocycles. The van der Waals surface area contributed by atoms with Crippen LogP contribution in [0.5, 0.6) is 5.75 Å². The average Bonchev–Trinajstić information content (AvgIpc) is 3.00. The molecule has 3 heteroatoms. The Bertz CT molecular complexity index is 956. The number of rotatable bonds is 4. The lowest BCUT2D eigenvalue weighted by Gasteiger charge is -2.07. The second-order valence-electron chi connectivity index (χ2n) is 5.85. The van der Waals surface area contributed by atoms with Crippen LogP contribution in [0.2, 0.25) is 0 Å². The van der Waals surface area contributed by atoms with Crippen LogP contribution in [-0.2, 0) is 6.61 Å². The van der Waals surface area contributed by atoms with Crippen molar-refractivity contribution in [2.24, 2.45) is 0 Å². The Morgan fingerprint density at radius 1 is 0.875 bits per heavy atom. The Balaban J connectivity index is 1.52. The number of nitrogens with zero attached hydrogens (tertiary/aromatic N) is 1. The summed E-state index contributed by atoms with van der Waals surface area (Å²) in [5, 5.41) is 0. The van der Waals surface area contributed by atoms with Crippen LogP contribution in [-0.4, -0.2) is 9.97 Å². The first-order valence-electron chi connectivity index (χ1n) is 8.01. The second kappa shape index (κ2) is 6.20. The third-order valence-electron chi connectivity index (χ3n) is 4.04. The van der Waals surface area contributed by atoms with Crippen molar-refractivity contribution in [3.63, 3.8) is 0 Å². The van der Waals surface area contributed by atoms with Gasteiger partial charge >= 0.3 is 0 Å². The molecule has 0 saturated carbocycles. The van der Waals surface area contributed by atoms with E-state index in [4.69, 9.17) is 4.74 Å². The van der Waals surface area contributed by atoms with E-state index in [1.165, 1.54) is 11.1 Å². The van der Waals surface area contributed by atoms with E-state index in [1.54, 1.807) is 0 Å². The molecule has 0 bridgehead atoms. The first-order chi connectivity index (χ1) is 11.8. The van der Waals surface area contributed by atoms with Gasteiger partial charge in [0.1, 0.15) is 18.2 Å². The van der Waals surface area contributed by atoms with Gasteiger partial charge < -0.3 is 9.72 Å². The molecule has 3 nitrogen and oxygen atoms in total. The molecule has 118 valence electrons. The molecule has 1 aromatic heterocycles. The van der Waals surface area contributed by atoms with Crippen LogP contribution in [0.15, 0.2) is 72.8 Å². The number of imidazole rings is 1. The van der Waals surface area contributed by atoms with E-state index in [0.29, 0.717) is 6.61 Å². The molecule has 0 aliphatic carbocycles. The van der Waals surface area contributed by atoms with E-state index >= 15 is 0 Å². The first-order valence-corrected chi connectivity index (χ1v) is 8.01. The topological polar surface area (TPSA) is 37.9 Å². The van der Waals surface area contributed by atoms with Gasteiger partial charge in [0.05, 0.1) is 11.0 Å². The number of aryl methyl sites for hydroxylation is 1. The number of ether oxygens (including phenoxy) is 1. The smallest absolute Gasteiger partial charge is 0.119 e. The van der Waals surface area contributed by atoms with E-state index < -0.39 is 0 Å². The number of aromatic nitrogens is 2. The predicted molar refractivity (Wildman–Crippen MR) is 97.0 cm³/mol. The average molecular weight is 314 g/mol. The molecule has 1 N–H and O–H groups in total. The highest BCUT2D eigenvalue weighted by molar-refractivity contribution is 5.82. The fourth-order valence-corrected chi connectivity index (χ4v) is 2.80. The highest BCUT2D eigenvalue weighted by atomic mass is 16.5. The van der Waals surface area contributed by atoms with Gasteiger partial charge in [-0.3, -0.25) is 0 Å². The number of aromatic amines is 1. The number of benzene rings is 3. The Morgan fingerprint density at radius 3 is 2.42 bits per heavy atom. The fourth-order valence-electron chi connectivity index (χ4n) is 2.80. The van der Waals surface area contributed by atoms with Crippen molar-refractivity contribution in [1.82, 2.24) is 9.97 Å². The summed E-state index contributed by atoms with van der Waals surface area (Å²) in [6, 6.07) is 24.7. The number of nitrogens with one attached hydrogen (secondary N) is 1. The van der Waals surface area contributed by atoms with Crippen LogP contribution >= 0.6 is 0 Å². The summed E-state index contributed by atoms with van der Waals surface area (Å²) >= 11 is 0. The highest BCUT2D eigenvalue weighted by Crippen LogP contribution is 2.25.